The van der Waals surface area contributed by atoms with Crippen LogP contribution in [-0.4, -0.2) is 27.9 Å². The van der Waals surface area contributed by atoms with Gasteiger partial charge in [-0.3, -0.25) is 0 Å². The standard InChI is InChI=1S/C8H6F2O7S2/c1-4-6(17-19(10,15)16)2-5(8(11)12)3-7(4)18(9,13)14/h2-3H,1H3,(H,11,12). The molecule has 7 nitrogen and oxygen atoms in total. The third kappa shape index (κ3) is 3.86. The molecule has 0 atom stereocenters. The highest BCUT2D eigenvalue weighted by atomic mass is 32.3. The fourth-order valence-corrected chi connectivity index (χ4v) is 2.35. The summed E-state index contributed by atoms with van der Waals surface area (Å²) in [6, 6.07) is 1.02. The largest absolute Gasteiger partial charge is 0.488 e. The maximum Gasteiger partial charge on any atom is 0.488 e. The molecule has 0 bridgehead atoms. The van der Waals surface area contributed by atoms with Gasteiger partial charge in [-0.15, -0.1) is 3.89 Å². The van der Waals surface area contributed by atoms with Crippen molar-refractivity contribution in [2.24, 2.45) is 0 Å². The lowest BCUT2D eigenvalue weighted by atomic mass is 10.1. The van der Waals surface area contributed by atoms with E-state index in [1.165, 1.54) is 0 Å². The summed E-state index contributed by atoms with van der Waals surface area (Å²) in [6.07, 6.45) is 0. The lowest BCUT2D eigenvalue weighted by molar-refractivity contribution is 0.0696. The molecule has 106 valence electrons. The Morgan fingerprint density at radius 1 is 1.21 bits per heavy atom. The van der Waals surface area contributed by atoms with Crippen LogP contribution < -0.4 is 4.18 Å². The van der Waals surface area contributed by atoms with E-state index in [0.29, 0.717) is 12.1 Å². The summed E-state index contributed by atoms with van der Waals surface area (Å²) in [5, 5.41) is 8.67. The Morgan fingerprint density at radius 3 is 2.11 bits per heavy atom. The van der Waals surface area contributed by atoms with E-state index in [9.17, 15) is 29.4 Å². The average Bonchev–Trinajstić information content (AvgIpc) is 2.16. The second-order valence-electron chi connectivity index (χ2n) is 3.32. The first kappa shape index (κ1) is 15.3. The molecular formula is C8H6F2O7S2. The molecule has 0 unspecified atom stereocenters. The summed E-state index contributed by atoms with van der Waals surface area (Å²) in [6.45, 7) is 0.929. The molecule has 19 heavy (non-hydrogen) atoms. The van der Waals surface area contributed by atoms with Gasteiger partial charge >= 0.3 is 26.7 Å². The van der Waals surface area contributed by atoms with Gasteiger partial charge in [0.05, 0.1) is 5.56 Å². The monoisotopic (exact) mass is 316 g/mol. The van der Waals surface area contributed by atoms with Gasteiger partial charge < -0.3 is 9.29 Å². The quantitative estimate of drug-likeness (QED) is 0.822. The maximum absolute atomic E-state index is 12.9. The van der Waals surface area contributed by atoms with Crippen molar-refractivity contribution in [2.75, 3.05) is 0 Å². The number of hydrogen-bond donors (Lipinski definition) is 1. The van der Waals surface area contributed by atoms with Gasteiger partial charge in [-0.25, -0.2) is 4.79 Å². The molecule has 0 aliphatic carbocycles. The van der Waals surface area contributed by atoms with Crippen LogP contribution in [0.5, 0.6) is 5.75 Å². The number of halogens is 2. The van der Waals surface area contributed by atoms with Crippen molar-refractivity contribution in [2.45, 2.75) is 11.8 Å². The van der Waals surface area contributed by atoms with Crippen molar-refractivity contribution < 1.29 is 38.7 Å². The number of rotatable bonds is 4. The van der Waals surface area contributed by atoms with Crippen LogP contribution in [-0.2, 0) is 20.7 Å². The van der Waals surface area contributed by atoms with Gasteiger partial charge in [0, 0.05) is 5.56 Å². The third-order valence-electron chi connectivity index (χ3n) is 2.01. The molecule has 0 aliphatic heterocycles. The molecule has 0 fully saturated rings. The van der Waals surface area contributed by atoms with Crippen LogP contribution in [0, 0.1) is 6.92 Å². The predicted octanol–water partition coefficient (Wildman–Crippen LogP) is 0.945. The van der Waals surface area contributed by atoms with Gasteiger partial charge in [-0.05, 0) is 19.1 Å². The third-order valence-corrected chi connectivity index (χ3v) is 3.34. The Labute approximate surface area is 107 Å². The molecule has 0 aromatic heterocycles. The second-order valence-corrected chi connectivity index (χ2v) is 5.59. The Kier molecular flexibility index (Phi) is 3.82. The van der Waals surface area contributed by atoms with Crippen molar-refractivity contribution in [3.05, 3.63) is 23.3 Å². The van der Waals surface area contributed by atoms with Gasteiger partial charge in [-0.1, -0.05) is 3.89 Å². The fourth-order valence-electron chi connectivity index (χ4n) is 1.23. The Bertz CT molecular complexity index is 737. The summed E-state index contributed by atoms with van der Waals surface area (Å²) in [5.74, 6) is -2.61. The van der Waals surface area contributed by atoms with Crippen molar-refractivity contribution in [1.82, 2.24) is 0 Å². The molecule has 1 aromatic rings. The molecule has 0 saturated carbocycles. The minimum absolute atomic E-state index is 0.463. The zero-order valence-corrected chi connectivity index (χ0v) is 10.8. The van der Waals surface area contributed by atoms with Crippen molar-refractivity contribution >= 4 is 26.7 Å². The first-order valence-corrected chi connectivity index (χ1v) is 7.07. The number of aromatic carboxylic acids is 1. The van der Waals surface area contributed by atoms with Gasteiger partial charge in [0.2, 0.25) is 0 Å². The predicted molar refractivity (Wildman–Crippen MR) is 57.1 cm³/mol. The smallest absolute Gasteiger partial charge is 0.478 e. The minimum atomic E-state index is -5.51. The highest BCUT2D eigenvalue weighted by Gasteiger charge is 2.24. The molecule has 0 saturated heterocycles. The first-order valence-electron chi connectivity index (χ1n) is 4.38. The van der Waals surface area contributed by atoms with Crippen molar-refractivity contribution in [3.63, 3.8) is 0 Å². The second kappa shape index (κ2) is 4.74. The van der Waals surface area contributed by atoms with Crippen LogP contribution in [0.25, 0.3) is 0 Å². The van der Waals surface area contributed by atoms with E-state index >= 15 is 0 Å². The fraction of sp³-hybridized carbons (Fsp3) is 0.125. The SMILES string of the molecule is Cc1c(OS(=O)(=O)F)cc(C(=O)O)cc1S(=O)(=O)F. The molecule has 1 N–H and O–H groups in total. The molecule has 11 heteroatoms. The summed E-state index contributed by atoms with van der Waals surface area (Å²) < 4.78 is 71.3. The summed E-state index contributed by atoms with van der Waals surface area (Å²) >= 11 is 0. The number of carbonyl (C=O) groups is 1. The van der Waals surface area contributed by atoms with Crippen LogP contribution in [0.2, 0.25) is 0 Å². The van der Waals surface area contributed by atoms with E-state index in [0.717, 1.165) is 6.92 Å². The van der Waals surface area contributed by atoms with Crippen LogP contribution in [0.3, 0.4) is 0 Å². The highest BCUT2D eigenvalue weighted by molar-refractivity contribution is 7.86. The molecular weight excluding hydrogens is 310 g/mol. The van der Waals surface area contributed by atoms with Gasteiger partial charge in [0.15, 0.2) is 0 Å². The van der Waals surface area contributed by atoms with E-state index in [4.69, 9.17) is 5.11 Å². The van der Waals surface area contributed by atoms with E-state index in [2.05, 4.69) is 4.18 Å². The van der Waals surface area contributed by atoms with Crippen LogP contribution >= 0.6 is 0 Å². The van der Waals surface area contributed by atoms with E-state index in [1.54, 1.807) is 0 Å². The Morgan fingerprint density at radius 2 is 1.74 bits per heavy atom. The zero-order chi connectivity index (χ0) is 15.0. The van der Waals surface area contributed by atoms with E-state index < -0.39 is 48.5 Å². The lowest BCUT2D eigenvalue weighted by Crippen LogP contribution is -2.08. The van der Waals surface area contributed by atoms with Gasteiger partial charge in [0.1, 0.15) is 10.6 Å². The Hall–Kier alpha value is -1.75. The number of carboxylic acid groups (broad SMARTS) is 1. The zero-order valence-electron chi connectivity index (χ0n) is 9.12. The summed E-state index contributed by atoms with van der Waals surface area (Å²) in [5.41, 5.74) is -1.35. The lowest BCUT2D eigenvalue weighted by Gasteiger charge is -2.09. The minimum Gasteiger partial charge on any atom is -0.478 e. The van der Waals surface area contributed by atoms with E-state index in [-0.39, 0.29) is 0 Å². The molecule has 0 radical (unpaired) electrons. The van der Waals surface area contributed by atoms with Crippen molar-refractivity contribution in [1.29, 1.82) is 0 Å². The van der Waals surface area contributed by atoms with Crippen molar-refractivity contribution in [3.8, 4) is 5.75 Å². The molecule has 1 rings (SSSR count). The summed E-state index contributed by atoms with van der Waals surface area (Å²) in [7, 11) is -10.8. The maximum atomic E-state index is 12.9. The molecule has 0 amide bonds. The van der Waals surface area contributed by atoms with Crippen LogP contribution in [0.15, 0.2) is 17.0 Å². The number of carboxylic acids is 1. The number of benzene rings is 1. The number of hydrogen-bond acceptors (Lipinski definition) is 6. The molecule has 0 spiro atoms. The Balaban J connectivity index is 3.65. The summed E-state index contributed by atoms with van der Waals surface area (Å²) in [4.78, 5) is 9.57. The normalized spacial score (nSPS) is 12.2. The van der Waals surface area contributed by atoms with Crippen LogP contribution in [0.4, 0.5) is 7.77 Å². The van der Waals surface area contributed by atoms with Gasteiger partial charge in [-0.2, -0.15) is 16.8 Å². The highest BCUT2D eigenvalue weighted by Crippen LogP contribution is 2.29. The molecule has 0 heterocycles. The average molecular weight is 316 g/mol. The van der Waals surface area contributed by atoms with E-state index in [1.807, 2.05) is 0 Å². The molecule has 1 aromatic carbocycles. The molecule has 0 aliphatic rings. The topological polar surface area (TPSA) is 115 Å². The first-order chi connectivity index (χ1) is 8.42. The van der Waals surface area contributed by atoms with Crippen LogP contribution in [0.1, 0.15) is 15.9 Å². The van der Waals surface area contributed by atoms with Gasteiger partial charge in [0.25, 0.3) is 0 Å².